The third-order valence-electron chi connectivity index (χ3n) is 3.77. The molecular formula is C13H17BN3. The molecule has 2 bridgehead atoms. The van der Waals surface area contributed by atoms with Crippen molar-refractivity contribution in [1.82, 2.24) is 9.71 Å². The molecule has 2 aliphatic rings. The standard InChI is InChI=1S/C13H17BN3/c15-13(11-4-2-1-3-5-11)14-17-9-8-16-7-6-12(17)10-16/h1-5,12,15H,6-10H2. The fraction of sp³-hybridized carbons (Fsp3) is 0.462. The molecule has 1 N–H and O–H groups in total. The molecule has 0 amide bonds. The van der Waals surface area contributed by atoms with Crippen LogP contribution in [0.3, 0.4) is 0 Å². The number of rotatable bonds is 3. The van der Waals surface area contributed by atoms with Gasteiger partial charge in [0.1, 0.15) is 0 Å². The monoisotopic (exact) mass is 226 g/mol. The maximum Gasteiger partial charge on any atom is 0.273 e. The van der Waals surface area contributed by atoms with Crippen molar-refractivity contribution in [2.24, 2.45) is 0 Å². The molecule has 1 radical (unpaired) electrons. The van der Waals surface area contributed by atoms with Gasteiger partial charge in [-0.3, -0.25) is 0 Å². The van der Waals surface area contributed by atoms with Gasteiger partial charge in [-0.05, 0) is 18.5 Å². The van der Waals surface area contributed by atoms with E-state index in [-0.39, 0.29) is 0 Å². The zero-order valence-electron chi connectivity index (χ0n) is 9.97. The van der Waals surface area contributed by atoms with Crippen LogP contribution < -0.4 is 0 Å². The fourth-order valence-corrected chi connectivity index (χ4v) is 2.75. The van der Waals surface area contributed by atoms with Crippen LogP contribution >= 0.6 is 0 Å². The van der Waals surface area contributed by atoms with E-state index in [1.807, 2.05) is 37.7 Å². The summed E-state index contributed by atoms with van der Waals surface area (Å²) in [5, 5.41) is 8.13. The lowest BCUT2D eigenvalue weighted by Crippen LogP contribution is -2.50. The van der Waals surface area contributed by atoms with Crippen LogP contribution in [0.15, 0.2) is 30.3 Å². The predicted molar refractivity (Wildman–Crippen MR) is 70.6 cm³/mol. The van der Waals surface area contributed by atoms with E-state index in [2.05, 4.69) is 9.71 Å². The first kappa shape index (κ1) is 11.0. The molecule has 2 saturated heterocycles. The summed E-state index contributed by atoms with van der Waals surface area (Å²) in [7, 11) is 2.03. The van der Waals surface area contributed by atoms with Gasteiger partial charge < -0.3 is 15.1 Å². The fourth-order valence-electron chi connectivity index (χ4n) is 2.75. The summed E-state index contributed by atoms with van der Waals surface area (Å²) in [4.78, 5) is 4.87. The van der Waals surface area contributed by atoms with Gasteiger partial charge in [-0.2, -0.15) is 0 Å². The number of benzene rings is 1. The average Bonchev–Trinajstić information content (AvgIpc) is 2.77. The van der Waals surface area contributed by atoms with Crippen molar-refractivity contribution in [3.63, 3.8) is 0 Å². The summed E-state index contributed by atoms with van der Waals surface area (Å²) >= 11 is 0. The SMILES string of the molecule is N=C([B]N1CCN2CCC1C2)c1ccccc1. The van der Waals surface area contributed by atoms with Crippen LogP contribution in [0.2, 0.25) is 0 Å². The van der Waals surface area contributed by atoms with E-state index in [1.165, 1.54) is 19.5 Å². The van der Waals surface area contributed by atoms with Crippen LogP contribution in [-0.4, -0.2) is 55.0 Å². The first-order valence-corrected chi connectivity index (χ1v) is 6.30. The summed E-state index contributed by atoms with van der Waals surface area (Å²) in [5.41, 5.74) is 1.64. The van der Waals surface area contributed by atoms with Crippen LogP contribution in [0.25, 0.3) is 0 Å². The van der Waals surface area contributed by atoms with Crippen LogP contribution in [0.1, 0.15) is 12.0 Å². The molecule has 2 heterocycles. The molecular weight excluding hydrogens is 209 g/mol. The van der Waals surface area contributed by atoms with Crippen molar-refractivity contribution in [3.8, 4) is 0 Å². The molecule has 17 heavy (non-hydrogen) atoms. The summed E-state index contributed by atoms with van der Waals surface area (Å²) in [6.07, 6.45) is 1.25. The minimum Gasteiger partial charge on any atom is -0.336 e. The highest BCUT2D eigenvalue weighted by Gasteiger charge is 2.32. The molecule has 2 unspecified atom stereocenters. The van der Waals surface area contributed by atoms with E-state index in [1.54, 1.807) is 0 Å². The Hall–Kier alpha value is -1.13. The number of nitrogens with zero attached hydrogens (tertiary/aromatic N) is 2. The lowest BCUT2D eigenvalue weighted by Gasteiger charge is -2.34. The Bertz CT molecular complexity index is 406. The van der Waals surface area contributed by atoms with Crippen LogP contribution in [0.4, 0.5) is 0 Å². The van der Waals surface area contributed by atoms with Crippen molar-refractivity contribution < 1.29 is 0 Å². The first-order chi connectivity index (χ1) is 8.33. The van der Waals surface area contributed by atoms with E-state index >= 15 is 0 Å². The highest BCUT2D eigenvalue weighted by molar-refractivity contribution is 6.76. The molecule has 3 rings (SSSR count). The molecule has 0 spiro atoms. The van der Waals surface area contributed by atoms with Gasteiger partial charge in [-0.1, -0.05) is 30.3 Å². The lowest BCUT2D eigenvalue weighted by molar-refractivity contribution is 0.217. The van der Waals surface area contributed by atoms with Gasteiger partial charge in [-0.25, -0.2) is 0 Å². The second-order valence-corrected chi connectivity index (χ2v) is 4.89. The molecule has 87 valence electrons. The van der Waals surface area contributed by atoms with Crippen LogP contribution in [-0.2, 0) is 0 Å². The molecule has 2 aliphatic heterocycles. The highest BCUT2D eigenvalue weighted by atomic mass is 15.3. The van der Waals surface area contributed by atoms with E-state index in [4.69, 9.17) is 5.41 Å². The van der Waals surface area contributed by atoms with Gasteiger partial charge >= 0.3 is 0 Å². The molecule has 4 heteroatoms. The molecule has 1 aromatic carbocycles. The first-order valence-electron chi connectivity index (χ1n) is 6.30. The normalized spacial score (nSPS) is 28.0. The Morgan fingerprint density at radius 1 is 1.18 bits per heavy atom. The van der Waals surface area contributed by atoms with Crippen LogP contribution in [0, 0.1) is 5.41 Å². The predicted octanol–water partition coefficient (Wildman–Crippen LogP) is 1.02. The quantitative estimate of drug-likeness (QED) is 0.616. The average molecular weight is 226 g/mol. The third kappa shape index (κ3) is 2.28. The zero-order chi connectivity index (χ0) is 11.7. The van der Waals surface area contributed by atoms with E-state index in [9.17, 15) is 0 Å². The largest absolute Gasteiger partial charge is 0.336 e. The minimum atomic E-state index is 0.631. The van der Waals surface area contributed by atoms with Crippen molar-refractivity contribution in [2.75, 3.05) is 26.2 Å². The summed E-state index contributed by atoms with van der Waals surface area (Å²) in [6, 6.07) is 10.6. The number of piperazine rings is 1. The Labute approximate surface area is 103 Å². The highest BCUT2D eigenvalue weighted by Crippen LogP contribution is 2.19. The van der Waals surface area contributed by atoms with Gasteiger partial charge in [0, 0.05) is 31.3 Å². The molecule has 1 aromatic rings. The van der Waals surface area contributed by atoms with E-state index in [0.29, 0.717) is 11.7 Å². The van der Waals surface area contributed by atoms with Gasteiger partial charge in [0.05, 0.1) is 0 Å². The topological polar surface area (TPSA) is 30.3 Å². The Kier molecular flexibility index (Phi) is 2.99. The summed E-state index contributed by atoms with van der Waals surface area (Å²) < 4.78 is 0. The maximum absolute atomic E-state index is 8.13. The molecule has 0 aliphatic carbocycles. The molecule has 0 aromatic heterocycles. The lowest BCUT2D eigenvalue weighted by atomic mass is 9.77. The molecule has 3 nitrogen and oxygen atoms in total. The molecule has 2 fully saturated rings. The van der Waals surface area contributed by atoms with Crippen molar-refractivity contribution in [1.29, 1.82) is 5.41 Å². The third-order valence-corrected chi connectivity index (χ3v) is 3.77. The van der Waals surface area contributed by atoms with Crippen molar-refractivity contribution in [2.45, 2.75) is 12.5 Å². The Balaban J connectivity index is 1.65. The Morgan fingerprint density at radius 2 is 2.00 bits per heavy atom. The van der Waals surface area contributed by atoms with Crippen LogP contribution in [0.5, 0.6) is 0 Å². The van der Waals surface area contributed by atoms with Gasteiger partial charge in [0.2, 0.25) is 0 Å². The number of nitrogens with one attached hydrogen (secondary N) is 1. The number of hydrogen-bond acceptors (Lipinski definition) is 3. The number of hydrogen-bond donors (Lipinski definition) is 1. The zero-order valence-corrected chi connectivity index (χ0v) is 9.97. The Morgan fingerprint density at radius 3 is 2.82 bits per heavy atom. The van der Waals surface area contributed by atoms with Crippen molar-refractivity contribution in [3.05, 3.63) is 35.9 Å². The number of fused-ring (bicyclic) bond motifs is 2. The smallest absolute Gasteiger partial charge is 0.273 e. The van der Waals surface area contributed by atoms with Gasteiger partial charge in [-0.15, -0.1) is 0 Å². The van der Waals surface area contributed by atoms with E-state index in [0.717, 1.165) is 18.7 Å². The summed E-state index contributed by atoms with van der Waals surface area (Å²) in [6.45, 7) is 4.63. The second kappa shape index (κ2) is 4.63. The van der Waals surface area contributed by atoms with Crippen molar-refractivity contribution >= 4 is 13.0 Å². The minimum absolute atomic E-state index is 0.631. The maximum atomic E-state index is 8.13. The van der Waals surface area contributed by atoms with Gasteiger partial charge in [0.15, 0.2) is 0 Å². The van der Waals surface area contributed by atoms with Gasteiger partial charge in [0.25, 0.3) is 7.41 Å². The molecule has 2 atom stereocenters. The second-order valence-electron chi connectivity index (χ2n) is 4.89. The summed E-state index contributed by atoms with van der Waals surface area (Å²) in [5.74, 6) is 0. The molecule has 0 saturated carbocycles. The van der Waals surface area contributed by atoms with E-state index < -0.39 is 0 Å².